The smallest absolute Gasteiger partial charge is 0.255 e. The maximum absolute atomic E-state index is 12.5. The summed E-state index contributed by atoms with van der Waals surface area (Å²) >= 11 is 0. The molecule has 0 aliphatic rings. The second-order valence-corrected chi connectivity index (χ2v) is 9.10. The lowest BCUT2D eigenvalue weighted by molar-refractivity contribution is 0.102. The fourth-order valence-corrected chi connectivity index (χ4v) is 3.51. The van der Waals surface area contributed by atoms with Crippen molar-refractivity contribution in [1.82, 2.24) is 4.98 Å². The highest BCUT2D eigenvalue weighted by molar-refractivity contribution is 7.89. The molecule has 0 radical (unpaired) electrons. The van der Waals surface area contributed by atoms with Crippen LogP contribution in [0.15, 0.2) is 60.8 Å². The molecule has 0 atom stereocenters. The first-order valence-electron chi connectivity index (χ1n) is 8.99. The van der Waals surface area contributed by atoms with Crippen molar-refractivity contribution < 1.29 is 17.9 Å². The maximum Gasteiger partial charge on any atom is 0.255 e. The molecule has 0 spiro atoms. The molecule has 2 aromatic carbocycles. The molecular formula is C22H22N2O4S. The Morgan fingerprint density at radius 3 is 2.48 bits per heavy atom. The van der Waals surface area contributed by atoms with Gasteiger partial charge in [-0.25, -0.2) is 13.4 Å². The largest absolute Gasteiger partial charge is 0.439 e. The summed E-state index contributed by atoms with van der Waals surface area (Å²) in [6, 6.07) is 15.7. The number of nitrogens with zero attached hydrogens (tertiary/aromatic N) is 1. The molecule has 29 heavy (non-hydrogen) atoms. The summed E-state index contributed by atoms with van der Waals surface area (Å²) in [6.45, 7) is 4.05. The van der Waals surface area contributed by atoms with E-state index < -0.39 is 9.84 Å². The molecule has 1 amide bonds. The summed E-state index contributed by atoms with van der Waals surface area (Å²) in [5.74, 6) is 0.659. The first-order chi connectivity index (χ1) is 13.7. The van der Waals surface area contributed by atoms with Crippen molar-refractivity contribution in [2.45, 2.75) is 19.6 Å². The van der Waals surface area contributed by atoms with Gasteiger partial charge in [-0.2, -0.15) is 0 Å². The van der Waals surface area contributed by atoms with E-state index in [9.17, 15) is 13.2 Å². The van der Waals surface area contributed by atoms with Crippen LogP contribution in [0, 0.1) is 13.8 Å². The molecule has 0 unspecified atom stereocenters. The maximum atomic E-state index is 12.5. The number of carbonyl (C=O) groups excluding carboxylic acids is 1. The van der Waals surface area contributed by atoms with Crippen LogP contribution in [0.25, 0.3) is 0 Å². The molecule has 1 aromatic heterocycles. The van der Waals surface area contributed by atoms with Gasteiger partial charge in [-0.15, -0.1) is 0 Å². The van der Waals surface area contributed by atoms with Crippen LogP contribution in [0.5, 0.6) is 11.6 Å². The Hall–Kier alpha value is -3.19. The Labute approximate surface area is 170 Å². The number of anilines is 1. The topological polar surface area (TPSA) is 85.4 Å². The second-order valence-electron chi connectivity index (χ2n) is 6.96. The van der Waals surface area contributed by atoms with Crippen LogP contribution >= 0.6 is 0 Å². The molecule has 0 bridgehead atoms. The molecule has 0 saturated heterocycles. The highest BCUT2D eigenvalue weighted by atomic mass is 32.2. The van der Waals surface area contributed by atoms with Crippen LogP contribution in [-0.2, 0) is 15.6 Å². The van der Waals surface area contributed by atoms with E-state index in [-0.39, 0.29) is 11.7 Å². The van der Waals surface area contributed by atoms with Gasteiger partial charge in [-0.1, -0.05) is 18.2 Å². The van der Waals surface area contributed by atoms with Gasteiger partial charge in [0, 0.05) is 17.9 Å². The summed E-state index contributed by atoms with van der Waals surface area (Å²) in [5.41, 5.74) is 3.77. The molecule has 6 nitrogen and oxygen atoms in total. The third kappa shape index (κ3) is 5.89. The third-order valence-electron chi connectivity index (χ3n) is 4.31. The fourth-order valence-electron chi connectivity index (χ4n) is 2.72. The van der Waals surface area contributed by atoms with Crippen LogP contribution in [0.3, 0.4) is 0 Å². The summed E-state index contributed by atoms with van der Waals surface area (Å²) in [7, 11) is -3.17. The number of aromatic nitrogens is 1. The molecular weight excluding hydrogens is 388 g/mol. The van der Waals surface area contributed by atoms with Gasteiger partial charge in [-0.3, -0.25) is 4.79 Å². The van der Waals surface area contributed by atoms with Crippen molar-refractivity contribution in [2.75, 3.05) is 11.6 Å². The summed E-state index contributed by atoms with van der Waals surface area (Å²) in [4.78, 5) is 16.7. The molecule has 0 aliphatic carbocycles. The number of ether oxygens (including phenoxy) is 1. The lowest BCUT2D eigenvalue weighted by atomic mass is 10.1. The zero-order valence-corrected chi connectivity index (χ0v) is 17.3. The molecule has 0 saturated carbocycles. The van der Waals surface area contributed by atoms with E-state index in [4.69, 9.17) is 4.74 Å². The van der Waals surface area contributed by atoms with Gasteiger partial charge < -0.3 is 10.1 Å². The molecule has 150 valence electrons. The highest BCUT2D eigenvalue weighted by Crippen LogP contribution is 2.23. The minimum Gasteiger partial charge on any atom is -0.439 e. The Kier molecular flexibility index (Phi) is 5.98. The predicted octanol–water partition coefficient (Wildman–Crippen LogP) is 4.29. The Morgan fingerprint density at radius 1 is 1.03 bits per heavy atom. The zero-order valence-electron chi connectivity index (χ0n) is 16.5. The van der Waals surface area contributed by atoms with Crippen LogP contribution in [0.1, 0.15) is 27.0 Å². The third-order valence-corrected chi connectivity index (χ3v) is 5.17. The Morgan fingerprint density at radius 2 is 1.83 bits per heavy atom. The van der Waals surface area contributed by atoms with Crippen molar-refractivity contribution in [3.05, 3.63) is 83.0 Å². The molecule has 3 rings (SSSR count). The van der Waals surface area contributed by atoms with Crippen LogP contribution in [-0.4, -0.2) is 25.6 Å². The van der Waals surface area contributed by atoms with E-state index >= 15 is 0 Å². The van der Waals surface area contributed by atoms with E-state index in [2.05, 4.69) is 10.3 Å². The average Bonchev–Trinajstić information content (AvgIpc) is 2.65. The first-order valence-corrected chi connectivity index (χ1v) is 11.0. The van der Waals surface area contributed by atoms with E-state index in [0.29, 0.717) is 28.4 Å². The molecule has 0 fully saturated rings. The number of amides is 1. The molecule has 7 heteroatoms. The van der Waals surface area contributed by atoms with Gasteiger partial charge in [0.2, 0.25) is 5.88 Å². The number of sulfone groups is 1. The van der Waals surface area contributed by atoms with E-state index in [1.165, 1.54) is 11.8 Å². The van der Waals surface area contributed by atoms with Crippen molar-refractivity contribution in [3.63, 3.8) is 0 Å². The number of nitrogens with one attached hydrogen (secondary N) is 1. The van der Waals surface area contributed by atoms with Crippen molar-refractivity contribution in [1.29, 1.82) is 0 Å². The molecule has 1 N–H and O–H groups in total. The number of carbonyl (C=O) groups is 1. The average molecular weight is 410 g/mol. The van der Waals surface area contributed by atoms with E-state index in [1.54, 1.807) is 36.4 Å². The first kappa shape index (κ1) is 20.5. The molecule has 1 heterocycles. The lowest BCUT2D eigenvalue weighted by Crippen LogP contribution is -2.12. The second kappa shape index (κ2) is 8.45. The Balaban J connectivity index is 1.67. The quantitative estimate of drug-likeness (QED) is 0.655. The van der Waals surface area contributed by atoms with Gasteiger partial charge >= 0.3 is 0 Å². The fraction of sp³-hybridized carbons (Fsp3) is 0.182. The SMILES string of the molecule is Cc1ccc(Oc2ccc(NC(=O)c3cccc(CS(C)(=O)=O)c3)cn2)cc1C. The van der Waals surface area contributed by atoms with E-state index in [1.807, 2.05) is 32.0 Å². The number of benzene rings is 2. The number of rotatable bonds is 6. The standard InChI is InChI=1S/C22H22N2O4S/c1-15-7-9-20(11-16(15)2)28-21-10-8-19(13-23-21)24-22(25)18-6-4-5-17(12-18)14-29(3,26)27/h4-13H,14H2,1-3H3,(H,24,25). The predicted molar refractivity (Wildman–Crippen MR) is 113 cm³/mol. The van der Waals surface area contributed by atoms with Gasteiger partial charge in [0.15, 0.2) is 9.84 Å². The lowest BCUT2D eigenvalue weighted by Gasteiger charge is -2.09. The van der Waals surface area contributed by atoms with Gasteiger partial charge in [0.1, 0.15) is 5.75 Å². The Bertz CT molecular complexity index is 1140. The number of pyridine rings is 1. The van der Waals surface area contributed by atoms with Gasteiger partial charge in [0.25, 0.3) is 5.91 Å². The van der Waals surface area contributed by atoms with Crippen molar-refractivity contribution in [3.8, 4) is 11.6 Å². The number of aryl methyl sites for hydroxylation is 2. The van der Waals surface area contributed by atoms with Crippen molar-refractivity contribution in [2.24, 2.45) is 0 Å². The van der Waals surface area contributed by atoms with Crippen molar-refractivity contribution >= 4 is 21.4 Å². The van der Waals surface area contributed by atoms with Gasteiger partial charge in [0.05, 0.1) is 17.6 Å². The summed E-state index contributed by atoms with van der Waals surface area (Å²) in [6.07, 6.45) is 2.67. The summed E-state index contributed by atoms with van der Waals surface area (Å²) < 4.78 is 28.6. The van der Waals surface area contributed by atoms with Crippen LogP contribution in [0.2, 0.25) is 0 Å². The normalized spacial score (nSPS) is 11.1. The van der Waals surface area contributed by atoms with Crippen LogP contribution in [0.4, 0.5) is 5.69 Å². The molecule has 0 aliphatic heterocycles. The van der Waals surface area contributed by atoms with Gasteiger partial charge in [-0.05, 0) is 60.9 Å². The number of hydrogen-bond acceptors (Lipinski definition) is 5. The minimum absolute atomic E-state index is 0.111. The summed E-state index contributed by atoms with van der Waals surface area (Å²) in [5, 5.41) is 2.75. The highest BCUT2D eigenvalue weighted by Gasteiger charge is 2.10. The monoisotopic (exact) mass is 410 g/mol. The molecule has 3 aromatic rings. The minimum atomic E-state index is -3.17. The zero-order chi connectivity index (χ0) is 21.0. The van der Waals surface area contributed by atoms with Crippen LogP contribution < -0.4 is 10.1 Å². The van der Waals surface area contributed by atoms with E-state index in [0.717, 1.165) is 11.8 Å². The number of hydrogen-bond donors (Lipinski definition) is 1.